The minimum atomic E-state index is -4.62. The number of benzene rings is 1. The first-order valence-corrected chi connectivity index (χ1v) is 8.52. The first-order chi connectivity index (χ1) is 13.2. The Morgan fingerprint density at radius 3 is 2.54 bits per heavy atom. The molecule has 3 atom stereocenters. The Hall–Kier alpha value is -2.72. The van der Waals surface area contributed by atoms with Crippen LogP contribution in [0.5, 0.6) is 0 Å². The van der Waals surface area contributed by atoms with Crippen LogP contribution in [-0.4, -0.2) is 34.1 Å². The Kier molecular flexibility index (Phi) is 5.52. The number of alkyl halides is 3. The van der Waals surface area contributed by atoms with Gasteiger partial charge in [0.05, 0.1) is 11.0 Å². The summed E-state index contributed by atoms with van der Waals surface area (Å²) in [7, 11) is 0. The van der Waals surface area contributed by atoms with E-state index in [9.17, 15) is 28.1 Å². The smallest absolute Gasteiger partial charge is 0.325 e. The third-order valence-electron chi connectivity index (χ3n) is 4.49. The van der Waals surface area contributed by atoms with Gasteiger partial charge < -0.3 is 5.32 Å². The van der Waals surface area contributed by atoms with Crippen molar-refractivity contribution in [2.24, 2.45) is 0 Å². The average molecular weight is 415 g/mol. The van der Waals surface area contributed by atoms with E-state index in [1.165, 1.54) is 30.6 Å². The van der Waals surface area contributed by atoms with Crippen LogP contribution in [0.25, 0.3) is 0 Å². The molecule has 2 N–H and O–H groups in total. The monoisotopic (exact) mass is 414 g/mol. The van der Waals surface area contributed by atoms with Crippen molar-refractivity contribution in [3.63, 3.8) is 0 Å². The maximum absolute atomic E-state index is 13.5. The largest absolute Gasteiger partial charge is 0.404 e. The second-order valence-corrected chi connectivity index (χ2v) is 6.68. The molecular formula is C17H14ClF3N4O3. The molecule has 0 saturated carbocycles. The summed E-state index contributed by atoms with van der Waals surface area (Å²) in [6, 6.07) is 3.39. The number of carbonyl (C=O) groups is 1. The molecule has 11 heteroatoms. The quantitative estimate of drug-likeness (QED) is 0.588. The van der Waals surface area contributed by atoms with E-state index in [4.69, 9.17) is 11.6 Å². The predicted molar refractivity (Wildman–Crippen MR) is 95.1 cm³/mol. The van der Waals surface area contributed by atoms with Crippen molar-refractivity contribution in [2.45, 2.75) is 30.6 Å². The van der Waals surface area contributed by atoms with Gasteiger partial charge in [0.15, 0.2) is 0 Å². The summed E-state index contributed by atoms with van der Waals surface area (Å²) in [6.45, 7) is 0. The first-order valence-electron chi connectivity index (χ1n) is 8.14. The summed E-state index contributed by atoms with van der Waals surface area (Å²) >= 11 is 5.84. The van der Waals surface area contributed by atoms with E-state index in [0.29, 0.717) is 5.69 Å². The molecule has 148 valence electrons. The van der Waals surface area contributed by atoms with Crippen LogP contribution in [0.4, 0.5) is 24.5 Å². The minimum absolute atomic E-state index is 0.144. The maximum Gasteiger partial charge on any atom is 0.404 e. The minimum Gasteiger partial charge on any atom is -0.325 e. The van der Waals surface area contributed by atoms with Crippen molar-refractivity contribution in [2.75, 3.05) is 5.32 Å². The van der Waals surface area contributed by atoms with Crippen LogP contribution in [0.3, 0.4) is 0 Å². The normalized spacial score (nSPS) is 22.1. The summed E-state index contributed by atoms with van der Waals surface area (Å²) in [5.41, 5.74) is 0.184. The molecule has 7 nitrogen and oxygen atoms in total. The van der Waals surface area contributed by atoms with E-state index in [2.05, 4.69) is 15.6 Å². The Morgan fingerprint density at radius 2 is 1.96 bits per heavy atom. The molecule has 0 radical (unpaired) electrons. The molecule has 3 rings (SSSR count). The number of anilines is 1. The molecule has 2 aromatic rings. The van der Waals surface area contributed by atoms with E-state index in [1.54, 1.807) is 0 Å². The fourth-order valence-corrected chi connectivity index (χ4v) is 3.45. The lowest BCUT2D eigenvalue weighted by atomic mass is 9.90. The number of nitrogens with one attached hydrogen (secondary N) is 2. The number of halogens is 4. The number of hydrogen-bond donors (Lipinski definition) is 2. The number of nitro groups is 1. The fourth-order valence-electron chi connectivity index (χ4n) is 3.19. The number of nitro benzene ring substituents is 1. The van der Waals surface area contributed by atoms with Crippen molar-refractivity contribution < 1.29 is 22.9 Å². The molecule has 0 bridgehead atoms. The highest BCUT2D eigenvalue weighted by molar-refractivity contribution is 6.32. The number of carbonyl (C=O) groups excluding carboxylic acids is 1. The molecule has 2 heterocycles. The Labute approximate surface area is 162 Å². The zero-order valence-corrected chi connectivity index (χ0v) is 14.9. The molecule has 1 fully saturated rings. The van der Waals surface area contributed by atoms with E-state index >= 15 is 0 Å². The summed E-state index contributed by atoms with van der Waals surface area (Å²) in [4.78, 5) is 26.3. The van der Waals surface area contributed by atoms with E-state index < -0.39 is 40.7 Å². The van der Waals surface area contributed by atoms with E-state index in [0.717, 1.165) is 12.1 Å². The zero-order valence-electron chi connectivity index (χ0n) is 14.1. The summed E-state index contributed by atoms with van der Waals surface area (Å²) in [6.07, 6.45) is -1.88. The van der Waals surface area contributed by atoms with Gasteiger partial charge >= 0.3 is 6.18 Å². The summed E-state index contributed by atoms with van der Waals surface area (Å²) in [5, 5.41) is 15.5. The fraction of sp³-hybridized carbons (Fsp3) is 0.294. The van der Waals surface area contributed by atoms with E-state index in [1.807, 2.05) is 0 Å². The van der Waals surface area contributed by atoms with Gasteiger partial charge in [-0.2, -0.15) is 13.2 Å². The van der Waals surface area contributed by atoms with E-state index in [-0.39, 0.29) is 17.0 Å². The van der Waals surface area contributed by atoms with Crippen molar-refractivity contribution >= 4 is 28.9 Å². The van der Waals surface area contributed by atoms with Crippen molar-refractivity contribution in [1.29, 1.82) is 0 Å². The van der Waals surface area contributed by atoms with Gasteiger partial charge in [0.1, 0.15) is 11.1 Å². The van der Waals surface area contributed by atoms with Crippen LogP contribution in [0.15, 0.2) is 42.7 Å². The topological polar surface area (TPSA) is 97.2 Å². The van der Waals surface area contributed by atoms with Gasteiger partial charge in [-0.05, 0) is 30.2 Å². The lowest BCUT2D eigenvalue weighted by Crippen LogP contribution is -2.46. The number of rotatable bonds is 4. The van der Waals surface area contributed by atoms with Gasteiger partial charge in [0.2, 0.25) is 5.91 Å². The van der Waals surface area contributed by atoms with Crippen LogP contribution in [0, 0.1) is 10.1 Å². The second-order valence-electron chi connectivity index (χ2n) is 6.27. The molecule has 1 aliphatic heterocycles. The maximum atomic E-state index is 13.5. The van der Waals surface area contributed by atoms with Gasteiger partial charge in [-0.1, -0.05) is 17.7 Å². The predicted octanol–water partition coefficient (Wildman–Crippen LogP) is 3.66. The van der Waals surface area contributed by atoms with Gasteiger partial charge in [-0.3, -0.25) is 25.2 Å². The van der Waals surface area contributed by atoms with Crippen LogP contribution in [-0.2, 0) is 4.79 Å². The second kappa shape index (κ2) is 7.72. The van der Waals surface area contributed by atoms with Crippen molar-refractivity contribution in [1.82, 2.24) is 10.3 Å². The number of pyridine rings is 1. The number of nitrogens with zero attached hydrogens (tertiary/aromatic N) is 2. The van der Waals surface area contributed by atoms with Gasteiger partial charge in [0.25, 0.3) is 5.69 Å². The molecule has 1 saturated heterocycles. The third-order valence-corrected chi connectivity index (χ3v) is 4.79. The molecule has 0 aliphatic carbocycles. The Bertz CT molecular complexity index is 895. The lowest BCUT2D eigenvalue weighted by Gasteiger charge is -2.22. The van der Waals surface area contributed by atoms with Crippen LogP contribution in [0.1, 0.15) is 17.9 Å². The molecule has 1 amide bonds. The van der Waals surface area contributed by atoms with Crippen LogP contribution >= 0.6 is 11.6 Å². The van der Waals surface area contributed by atoms with Gasteiger partial charge in [-0.15, -0.1) is 0 Å². The van der Waals surface area contributed by atoms with Gasteiger partial charge in [-0.25, -0.2) is 0 Å². The van der Waals surface area contributed by atoms with Crippen molar-refractivity contribution in [3.8, 4) is 0 Å². The molecule has 1 unspecified atom stereocenters. The molecule has 1 aromatic carbocycles. The van der Waals surface area contributed by atoms with Crippen molar-refractivity contribution in [3.05, 3.63) is 63.4 Å². The highest BCUT2D eigenvalue weighted by Crippen LogP contribution is 2.41. The molecule has 1 aliphatic rings. The number of aromatic nitrogens is 1. The lowest BCUT2D eigenvalue weighted by molar-refractivity contribution is -0.384. The molecule has 1 aromatic heterocycles. The van der Waals surface area contributed by atoms with Crippen LogP contribution in [0.2, 0.25) is 5.02 Å². The molecule has 0 spiro atoms. The highest BCUT2D eigenvalue weighted by Gasteiger charge is 2.52. The summed E-state index contributed by atoms with van der Waals surface area (Å²) < 4.78 is 40.6. The number of amides is 1. The third kappa shape index (κ3) is 4.23. The van der Waals surface area contributed by atoms with Gasteiger partial charge in [0, 0.05) is 30.1 Å². The Balaban J connectivity index is 1.84. The summed E-state index contributed by atoms with van der Waals surface area (Å²) in [5.74, 6) is -1.73. The highest BCUT2D eigenvalue weighted by atomic mass is 35.5. The SMILES string of the molecule is O=C(Nc1ccncc1)[C@@H]1CC(c2ccc([N+](=O)[O-])c(Cl)c2)[C@H](C(F)(F)F)N1. The molecular weight excluding hydrogens is 401 g/mol. The van der Waals surface area contributed by atoms with Crippen LogP contribution < -0.4 is 10.6 Å². The zero-order chi connectivity index (χ0) is 20.5. The first kappa shape index (κ1) is 20.0. The Morgan fingerprint density at radius 1 is 1.29 bits per heavy atom. The average Bonchev–Trinajstić information content (AvgIpc) is 3.08. The molecule has 28 heavy (non-hydrogen) atoms. The number of hydrogen-bond acceptors (Lipinski definition) is 5. The standard InChI is InChI=1S/C17H14ClF3N4O3/c18-12-7-9(1-2-14(12)25(27)28)11-8-13(24-15(11)17(19,20)21)16(26)23-10-3-5-22-6-4-10/h1-7,11,13,15,24H,8H2,(H,22,23,26)/t11?,13-,15+/m0/s1.